The molecule has 5 heteroatoms. The number of amides is 1. The lowest BCUT2D eigenvalue weighted by atomic mass is 9.90. The van der Waals surface area contributed by atoms with Gasteiger partial charge in [-0.3, -0.25) is 14.4 Å². The van der Waals surface area contributed by atoms with E-state index < -0.39 is 17.3 Å². The number of carbonyl (C=O) groups is 3. The van der Waals surface area contributed by atoms with Crippen LogP contribution in [-0.2, 0) is 19.1 Å². The first-order valence-corrected chi connectivity index (χ1v) is 5.67. The summed E-state index contributed by atoms with van der Waals surface area (Å²) >= 11 is 0. The van der Waals surface area contributed by atoms with Crippen LogP contribution < -0.4 is 0 Å². The fraction of sp³-hybridized carbons (Fsp3) is 0.750. The van der Waals surface area contributed by atoms with Gasteiger partial charge in [0, 0.05) is 24.9 Å². The number of rotatable bonds is 1. The highest BCUT2D eigenvalue weighted by molar-refractivity contribution is 6.00. The van der Waals surface area contributed by atoms with Gasteiger partial charge in [0.25, 0.3) is 0 Å². The monoisotopic (exact) mass is 241 g/mol. The van der Waals surface area contributed by atoms with Gasteiger partial charge in [-0.15, -0.1) is 0 Å². The summed E-state index contributed by atoms with van der Waals surface area (Å²) in [7, 11) is 1.25. The molecule has 1 heterocycles. The lowest BCUT2D eigenvalue weighted by Gasteiger charge is -2.34. The molecular weight excluding hydrogens is 222 g/mol. The lowest BCUT2D eigenvalue weighted by Crippen LogP contribution is -2.50. The molecule has 96 valence electrons. The van der Waals surface area contributed by atoms with Gasteiger partial charge in [-0.2, -0.15) is 0 Å². The van der Waals surface area contributed by atoms with Crippen molar-refractivity contribution in [2.24, 2.45) is 11.3 Å². The molecule has 0 spiro atoms. The minimum Gasteiger partial charge on any atom is -0.468 e. The Labute approximate surface area is 101 Å². The van der Waals surface area contributed by atoms with E-state index in [0.717, 1.165) is 0 Å². The molecule has 1 saturated heterocycles. The van der Waals surface area contributed by atoms with Crippen LogP contribution in [-0.4, -0.2) is 42.8 Å². The second-order valence-corrected chi connectivity index (χ2v) is 5.29. The quantitative estimate of drug-likeness (QED) is 0.499. The number of Topliss-reactive ketones (excluding diaryl/α,β-unsaturated/α-hetero) is 1. The highest BCUT2D eigenvalue weighted by atomic mass is 16.5. The molecule has 0 bridgehead atoms. The molecule has 1 fully saturated rings. The average Bonchev–Trinajstić information content (AvgIpc) is 2.26. The number of nitrogens with zero attached hydrogens (tertiary/aromatic N) is 1. The van der Waals surface area contributed by atoms with Crippen LogP contribution >= 0.6 is 0 Å². The Morgan fingerprint density at radius 1 is 1.35 bits per heavy atom. The third kappa shape index (κ3) is 3.05. The lowest BCUT2D eigenvalue weighted by molar-refractivity contribution is -0.154. The zero-order valence-electron chi connectivity index (χ0n) is 10.8. The number of ether oxygens (including phenoxy) is 1. The fourth-order valence-electron chi connectivity index (χ4n) is 1.84. The zero-order valence-corrected chi connectivity index (χ0v) is 10.8. The van der Waals surface area contributed by atoms with Crippen LogP contribution in [0.15, 0.2) is 0 Å². The largest absolute Gasteiger partial charge is 0.468 e. The van der Waals surface area contributed by atoms with Crippen LogP contribution in [0.5, 0.6) is 0 Å². The normalized spacial score (nSPS) is 21.3. The van der Waals surface area contributed by atoms with E-state index in [-0.39, 0.29) is 24.7 Å². The topological polar surface area (TPSA) is 63.7 Å². The number of ketones is 1. The number of methoxy groups -OCH3 is 1. The van der Waals surface area contributed by atoms with E-state index in [9.17, 15) is 14.4 Å². The van der Waals surface area contributed by atoms with Gasteiger partial charge in [0.05, 0.1) is 7.11 Å². The molecule has 0 N–H and O–H groups in total. The number of likely N-dealkylation sites (tertiary alicyclic amines) is 1. The Bertz CT molecular complexity index is 335. The fourth-order valence-corrected chi connectivity index (χ4v) is 1.84. The summed E-state index contributed by atoms with van der Waals surface area (Å²) in [5.41, 5.74) is -0.499. The van der Waals surface area contributed by atoms with Crippen LogP contribution in [0.3, 0.4) is 0 Å². The predicted molar refractivity (Wildman–Crippen MR) is 61.2 cm³/mol. The van der Waals surface area contributed by atoms with Crippen LogP contribution in [0, 0.1) is 11.3 Å². The third-order valence-corrected chi connectivity index (χ3v) is 2.83. The molecule has 0 aromatic heterocycles. The van der Waals surface area contributed by atoms with Crippen molar-refractivity contribution in [2.45, 2.75) is 27.2 Å². The molecule has 0 aliphatic carbocycles. The van der Waals surface area contributed by atoms with Crippen molar-refractivity contribution in [1.82, 2.24) is 4.90 Å². The predicted octanol–water partition coefficient (Wildman–Crippen LogP) is 0.623. The van der Waals surface area contributed by atoms with Crippen molar-refractivity contribution in [2.75, 3.05) is 20.2 Å². The van der Waals surface area contributed by atoms with Gasteiger partial charge in [0.1, 0.15) is 5.92 Å². The Hall–Kier alpha value is -1.39. The Kier molecular flexibility index (Phi) is 3.91. The van der Waals surface area contributed by atoms with Gasteiger partial charge >= 0.3 is 5.97 Å². The van der Waals surface area contributed by atoms with Crippen molar-refractivity contribution in [3.05, 3.63) is 0 Å². The Morgan fingerprint density at radius 3 is 2.41 bits per heavy atom. The maximum atomic E-state index is 12.0. The van der Waals surface area contributed by atoms with Crippen molar-refractivity contribution in [3.63, 3.8) is 0 Å². The SMILES string of the molecule is COC(=O)C1CN(C(=O)C(C)(C)C)CCC1=O. The maximum absolute atomic E-state index is 12.0. The first-order chi connectivity index (χ1) is 7.77. The zero-order chi connectivity index (χ0) is 13.2. The summed E-state index contributed by atoms with van der Waals surface area (Å²) in [5, 5.41) is 0. The molecule has 0 saturated carbocycles. The summed E-state index contributed by atoms with van der Waals surface area (Å²) in [5.74, 6) is -1.56. The summed E-state index contributed by atoms with van der Waals surface area (Å²) in [6, 6.07) is 0. The van der Waals surface area contributed by atoms with Crippen LogP contribution in [0.1, 0.15) is 27.2 Å². The van der Waals surface area contributed by atoms with E-state index in [1.54, 1.807) is 4.90 Å². The highest BCUT2D eigenvalue weighted by Gasteiger charge is 2.38. The molecule has 1 unspecified atom stereocenters. The van der Waals surface area contributed by atoms with Crippen molar-refractivity contribution < 1.29 is 19.1 Å². The molecule has 17 heavy (non-hydrogen) atoms. The Balaban J connectivity index is 2.77. The second-order valence-electron chi connectivity index (χ2n) is 5.29. The molecule has 1 aliphatic rings. The summed E-state index contributed by atoms with van der Waals surface area (Å²) in [4.78, 5) is 36.6. The van der Waals surface area contributed by atoms with E-state index in [0.29, 0.717) is 6.54 Å². The number of hydrogen-bond acceptors (Lipinski definition) is 4. The molecule has 0 aromatic carbocycles. The minimum absolute atomic E-state index is 0.0427. The molecule has 1 aliphatic heterocycles. The molecule has 1 rings (SSSR count). The van der Waals surface area contributed by atoms with Gasteiger partial charge in [-0.1, -0.05) is 20.8 Å². The van der Waals surface area contributed by atoms with Crippen LogP contribution in [0.4, 0.5) is 0 Å². The minimum atomic E-state index is -0.819. The van der Waals surface area contributed by atoms with Gasteiger partial charge in [-0.25, -0.2) is 0 Å². The van der Waals surface area contributed by atoms with Crippen molar-refractivity contribution >= 4 is 17.7 Å². The molecule has 1 atom stereocenters. The third-order valence-electron chi connectivity index (χ3n) is 2.83. The molecular formula is C12H19NO4. The van der Waals surface area contributed by atoms with E-state index in [2.05, 4.69) is 4.74 Å². The number of hydrogen-bond donors (Lipinski definition) is 0. The van der Waals surface area contributed by atoms with Crippen molar-refractivity contribution in [1.29, 1.82) is 0 Å². The van der Waals surface area contributed by atoms with E-state index in [1.165, 1.54) is 7.11 Å². The van der Waals surface area contributed by atoms with Crippen LogP contribution in [0.25, 0.3) is 0 Å². The van der Waals surface area contributed by atoms with E-state index >= 15 is 0 Å². The molecule has 1 amide bonds. The second kappa shape index (κ2) is 4.85. The van der Waals surface area contributed by atoms with Gasteiger partial charge in [0.15, 0.2) is 5.78 Å². The van der Waals surface area contributed by atoms with Gasteiger partial charge < -0.3 is 9.64 Å². The Morgan fingerprint density at radius 2 is 1.94 bits per heavy atom. The molecule has 5 nitrogen and oxygen atoms in total. The highest BCUT2D eigenvalue weighted by Crippen LogP contribution is 2.22. The van der Waals surface area contributed by atoms with E-state index in [4.69, 9.17) is 0 Å². The first kappa shape index (κ1) is 13.7. The standard InChI is InChI=1S/C12H19NO4/c1-12(2,3)11(16)13-6-5-9(14)8(7-13)10(15)17-4/h8H,5-7H2,1-4H3. The van der Waals surface area contributed by atoms with E-state index in [1.807, 2.05) is 20.8 Å². The smallest absolute Gasteiger partial charge is 0.318 e. The van der Waals surface area contributed by atoms with Gasteiger partial charge in [0.2, 0.25) is 5.91 Å². The summed E-state index contributed by atoms with van der Waals surface area (Å²) < 4.78 is 4.58. The van der Waals surface area contributed by atoms with Crippen LogP contribution in [0.2, 0.25) is 0 Å². The average molecular weight is 241 g/mol. The number of esters is 1. The summed E-state index contributed by atoms with van der Waals surface area (Å²) in [6.45, 7) is 5.99. The maximum Gasteiger partial charge on any atom is 0.318 e. The molecule has 0 aromatic rings. The molecule has 0 radical (unpaired) electrons. The number of carbonyl (C=O) groups excluding carboxylic acids is 3. The van der Waals surface area contributed by atoms with Crippen molar-refractivity contribution in [3.8, 4) is 0 Å². The first-order valence-electron chi connectivity index (χ1n) is 5.67. The summed E-state index contributed by atoms with van der Waals surface area (Å²) in [6.07, 6.45) is 0.224. The van der Waals surface area contributed by atoms with Gasteiger partial charge in [-0.05, 0) is 0 Å². The number of piperidine rings is 1.